The Hall–Kier alpha value is -2.21. The van der Waals surface area contributed by atoms with E-state index < -0.39 is 10.0 Å². The molecule has 0 saturated carbocycles. The second kappa shape index (κ2) is 7.13. The van der Waals surface area contributed by atoms with Gasteiger partial charge >= 0.3 is 0 Å². The van der Waals surface area contributed by atoms with E-state index >= 15 is 0 Å². The Labute approximate surface area is 143 Å². The monoisotopic (exact) mass is 349 g/mol. The van der Waals surface area contributed by atoms with Crippen molar-refractivity contribution in [3.63, 3.8) is 0 Å². The quantitative estimate of drug-likeness (QED) is 0.799. The maximum Gasteiger partial charge on any atom is 0.264 e. The van der Waals surface area contributed by atoms with Crippen molar-refractivity contribution < 1.29 is 17.9 Å². The van der Waals surface area contributed by atoms with Gasteiger partial charge in [-0.3, -0.25) is 4.31 Å². The van der Waals surface area contributed by atoms with E-state index in [-0.39, 0.29) is 11.0 Å². The van der Waals surface area contributed by atoms with Crippen LogP contribution in [-0.2, 0) is 10.0 Å². The predicted molar refractivity (Wildman–Crippen MR) is 95.5 cm³/mol. The molecule has 0 saturated heterocycles. The lowest BCUT2D eigenvalue weighted by Crippen LogP contribution is -2.26. The summed E-state index contributed by atoms with van der Waals surface area (Å²) in [5, 5.41) is 0. The van der Waals surface area contributed by atoms with Crippen molar-refractivity contribution in [1.29, 1.82) is 0 Å². The first-order chi connectivity index (χ1) is 11.3. The molecule has 5 nitrogen and oxygen atoms in total. The summed E-state index contributed by atoms with van der Waals surface area (Å²) in [6, 6.07) is 11.8. The average molecular weight is 349 g/mol. The minimum absolute atomic E-state index is 0.0691. The number of anilines is 1. The zero-order chi connectivity index (χ0) is 17.9. The van der Waals surface area contributed by atoms with Crippen molar-refractivity contribution in [2.45, 2.75) is 31.8 Å². The fourth-order valence-electron chi connectivity index (χ4n) is 2.32. The van der Waals surface area contributed by atoms with Crippen LogP contribution in [0.25, 0.3) is 0 Å². The van der Waals surface area contributed by atoms with Crippen molar-refractivity contribution >= 4 is 15.7 Å². The molecule has 2 aromatic rings. The highest BCUT2D eigenvalue weighted by Crippen LogP contribution is 2.27. The molecule has 0 atom stereocenters. The second-order valence-electron chi connectivity index (χ2n) is 5.76. The summed E-state index contributed by atoms with van der Waals surface area (Å²) in [6.07, 6.45) is 0.0691. The van der Waals surface area contributed by atoms with E-state index in [1.165, 1.54) is 11.4 Å². The number of methoxy groups -OCH3 is 1. The molecule has 0 heterocycles. The standard InChI is InChI=1S/C18H23NO4S/c1-13(2)23-16-8-6-15(7-9-16)19(4)24(20,21)17-10-11-18(22-5)14(3)12-17/h6-13H,1-5H3. The molecule has 0 fully saturated rings. The molecule has 2 aromatic carbocycles. The Morgan fingerprint density at radius 3 is 2.17 bits per heavy atom. The molecule has 0 aliphatic heterocycles. The molecule has 0 N–H and O–H groups in total. The van der Waals surface area contributed by atoms with E-state index in [0.717, 1.165) is 5.56 Å². The summed E-state index contributed by atoms with van der Waals surface area (Å²) in [6.45, 7) is 5.70. The van der Waals surface area contributed by atoms with Crippen LogP contribution < -0.4 is 13.8 Å². The van der Waals surface area contributed by atoms with Gasteiger partial charge in [-0.1, -0.05) is 0 Å². The first-order valence-electron chi connectivity index (χ1n) is 7.66. The Balaban J connectivity index is 2.30. The summed E-state index contributed by atoms with van der Waals surface area (Å²) in [5.41, 5.74) is 1.34. The number of sulfonamides is 1. The van der Waals surface area contributed by atoms with Gasteiger partial charge in [0, 0.05) is 7.05 Å². The summed E-state index contributed by atoms with van der Waals surface area (Å²) >= 11 is 0. The molecule has 0 aliphatic rings. The van der Waals surface area contributed by atoms with Crippen LogP contribution in [0.4, 0.5) is 5.69 Å². The fourth-order valence-corrected chi connectivity index (χ4v) is 3.60. The Morgan fingerprint density at radius 2 is 1.67 bits per heavy atom. The van der Waals surface area contributed by atoms with Crippen molar-refractivity contribution in [3.8, 4) is 11.5 Å². The fraction of sp³-hybridized carbons (Fsp3) is 0.333. The first-order valence-corrected chi connectivity index (χ1v) is 9.10. The van der Waals surface area contributed by atoms with Gasteiger partial charge in [0.2, 0.25) is 0 Å². The highest BCUT2D eigenvalue weighted by Gasteiger charge is 2.22. The van der Waals surface area contributed by atoms with Gasteiger partial charge in [-0.15, -0.1) is 0 Å². The third kappa shape index (κ3) is 3.82. The van der Waals surface area contributed by atoms with E-state index in [4.69, 9.17) is 9.47 Å². The number of rotatable bonds is 6. The third-order valence-corrected chi connectivity index (χ3v) is 5.38. The van der Waals surface area contributed by atoms with Gasteiger partial charge in [0.05, 0.1) is 23.8 Å². The topological polar surface area (TPSA) is 55.8 Å². The zero-order valence-corrected chi connectivity index (χ0v) is 15.4. The summed E-state index contributed by atoms with van der Waals surface area (Å²) in [4.78, 5) is 0.228. The molecular weight excluding hydrogens is 326 g/mol. The molecule has 24 heavy (non-hydrogen) atoms. The number of ether oxygens (including phenoxy) is 2. The van der Waals surface area contributed by atoms with E-state index in [1.807, 2.05) is 20.8 Å². The van der Waals surface area contributed by atoms with Crippen LogP contribution in [0.15, 0.2) is 47.4 Å². The largest absolute Gasteiger partial charge is 0.496 e. The summed E-state index contributed by atoms with van der Waals surface area (Å²) < 4.78 is 37.6. The molecule has 0 unspecified atom stereocenters. The molecule has 2 rings (SSSR count). The van der Waals surface area contributed by atoms with E-state index in [2.05, 4.69) is 0 Å². The number of nitrogens with zero attached hydrogens (tertiary/aromatic N) is 1. The summed E-state index contributed by atoms with van der Waals surface area (Å²) in [7, 11) is -0.545. The second-order valence-corrected chi connectivity index (χ2v) is 7.73. The molecule has 0 aromatic heterocycles. The number of hydrogen-bond acceptors (Lipinski definition) is 4. The minimum Gasteiger partial charge on any atom is -0.496 e. The van der Waals surface area contributed by atoms with E-state index in [1.54, 1.807) is 49.6 Å². The van der Waals surface area contributed by atoms with Crippen LogP contribution in [0.3, 0.4) is 0 Å². The van der Waals surface area contributed by atoms with Gasteiger partial charge in [0.1, 0.15) is 11.5 Å². The first kappa shape index (κ1) is 18.1. The maximum absolute atomic E-state index is 12.8. The van der Waals surface area contributed by atoms with Crippen LogP contribution in [0.5, 0.6) is 11.5 Å². The molecular formula is C18H23NO4S. The van der Waals surface area contributed by atoms with Gasteiger partial charge in [0.15, 0.2) is 0 Å². The van der Waals surface area contributed by atoms with E-state index in [9.17, 15) is 8.42 Å². The average Bonchev–Trinajstić information content (AvgIpc) is 2.54. The number of aryl methyl sites for hydroxylation is 1. The zero-order valence-electron chi connectivity index (χ0n) is 14.6. The maximum atomic E-state index is 12.8. The Bertz CT molecular complexity index is 798. The third-order valence-electron chi connectivity index (χ3n) is 3.60. The van der Waals surface area contributed by atoms with Gasteiger partial charge in [-0.25, -0.2) is 8.42 Å². The lowest BCUT2D eigenvalue weighted by atomic mass is 10.2. The lowest BCUT2D eigenvalue weighted by Gasteiger charge is -2.20. The Kier molecular flexibility index (Phi) is 5.39. The molecule has 0 aliphatic carbocycles. The van der Waals surface area contributed by atoms with Gasteiger partial charge in [0.25, 0.3) is 10.0 Å². The number of hydrogen-bond donors (Lipinski definition) is 0. The smallest absolute Gasteiger partial charge is 0.264 e. The molecule has 0 spiro atoms. The van der Waals surface area contributed by atoms with Crippen LogP contribution in [0.1, 0.15) is 19.4 Å². The molecule has 0 radical (unpaired) electrons. The highest BCUT2D eigenvalue weighted by atomic mass is 32.2. The SMILES string of the molecule is COc1ccc(S(=O)(=O)N(C)c2ccc(OC(C)C)cc2)cc1C. The molecule has 0 amide bonds. The van der Waals surface area contributed by atoms with Crippen molar-refractivity contribution in [2.75, 3.05) is 18.5 Å². The molecule has 130 valence electrons. The van der Waals surface area contributed by atoms with E-state index in [0.29, 0.717) is 17.2 Å². The predicted octanol–water partition coefficient (Wildman–Crippen LogP) is 3.62. The highest BCUT2D eigenvalue weighted by molar-refractivity contribution is 7.92. The van der Waals surface area contributed by atoms with Crippen molar-refractivity contribution in [1.82, 2.24) is 0 Å². The Morgan fingerprint density at radius 1 is 1.04 bits per heavy atom. The van der Waals surface area contributed by atoms with Gasteiger partial charge in [-0.2, -0.15) is 0 Å². The van der Waals surface area contributed by atoms with Crippen molar-refractivity contribution in [2.24, 2.45) is 0 Å². The van der Waals surface area contributed by atoms with Crippen molar-refractivity contribution in [3.05, 3.63) is 48.0 Å². The van der Waals surface area contributed by atoms with Crippen LogP contribution >= 0.6 is 0 Å². The summed E-state index contributed by atoms with van der Waals surface area (Å²) in [5.74, 6) is 1.37. The van der Waals surface area contributed by atoms with Crippen LogP contribution in [0, 0.1) is 6.92 Å². The lowest BCUT2D eigenvalue weighted by molar-refractivity contribution is 0.242. The van der Waals surface area contributed by atoms with Crippen LogP contribution in [-0.4, -0.2) is 28.7 Å². The molecule has 0 bridgehead atoms. The number of benzene rings is 2. The normalized spacial score (nSPS) is 11.4. The minimum atomic E-state index is -3.64. The van der Waals surface area contributed by atoms with Crippen LogP contribution in [0.2, 0.25) is 0 Å². The van der Waals surface area contributed by atoms with Gasteiger partial charge in [-0.05, 0) is 68.8 Å². The molecule has 6 heteroatoms. The van der Waals surface area contributed by atoms with Gasteiger partial charge < -0.3 is 9.47 Å².